The number of fused-ring (bicyclic) bond motifs is 1. The summed E-state index contributed by atoms with van der Waals surface area (Å²) in [5.41, 5.74) is 4.56. The molecule has 0 unspecified atom stereocenters. The molecule has 0 aliphatic heterocycles. The Kier molecular flexibility index (Phi) is 2.79. The van der Waals surface area contributed by atoms with Crippen molar-refractivity contribution in [3.8, 4) is 0 Å². The van der Waals surface area contributed by atoms with E-state index >= 15 is 0 Å². The fraction of sp³-hybridized carbons (Fsp3) is 0.250. The summed E-state index contributed by atoms with van der Waals surface area (Å²) < 4.78 is 1.19. The van der Waals surface area contributed by atoms with E-state index in [2.05, 4.69) is 59.3 Å². The molecule has 17 heavy (non-hydrogen) atoms. The van der Waals surface area contributed by atoms with Crippen LogP contribution in [0.2, 0.25) is 0 Å². The molecule has 0 aromatic heterocycles. The molecule has 0 nitrogen and oxygen atoms in total. The normalized spacial score (nSPS) is 15.9. The quantitative estimate of drug-likeness (QED) is 0.644. The number of hydrogen-bond donors (Lipinski definition) is 0. The molecule has 1 aliphatic carbocycles. The van der Waals surface area contributed by atoms with Crippen LogP contribution in [0.4, 0.5) is 0 Å². The molecule has 0 saturated carbocycles. The molecule has 0 radical (unpaired) electrons. The molecule has 1 heteroatoms. The molecule has 0 N–H and O–H groups in total. The van der Waals surface area contributed by atoms with Crippen LogP contribution < -0.4 is 0 Å². The zero-order valence-electron chi connectivity index (χ0n) is 9.96. The van der Waals surface area contributed by atoms with Crippen LogP contribution in [-0.4, -0.2) is 0 Å². The summed E-state index contributed by atoms with van der Waals surface area (Å²) in [6.07, 6.45) is 3.81. The highest BCUT2D eigenvalue weighted by atomic mass is 79.9. The van der Waals surface area contributed by atoms with Gasteiger partial charge in [0.25, 0.3) is 0 Å². The molecule has 0 amide bonds. The highest BCUT2D eigenvalue weighted by molar-refractivity contribution is 9.10. The van der Waals surface area contributed by atoms with Crippen LogP contribution >= 0.6 is 15.9 Å². The van der Waals surface area contributed by atoms with Crippen molar-refractivity contribution in [2.45, 2.75) is 26.2 Å². The molecule has 0 fully saturated rings. The maximum Gasteiger partial charge on any atom is 0.0254 e. The van der Waals surface area contributed by atoms with E-state index in [9.17, 15) is 0 Å². The van der Waals surface area contributed by atoms with Crippen molar-refractivity contribution in [1.29, 1.82) is 0 Å². The van der Waals surface area contributed by atoms with Gasteiger partial charge in [-0.15, -0.1) is 0 Å². The van der Waals surface area contributed by atoms with Crippen LogP contribution in [-0.2, 0) is 0 Å². The maximum absolute atomic E-state index is 3.64. The average Bonchev–Trinajstić information content (AvgIpc) is 2.77. The van der Waals surface area contributed by atoms with Gasteiger partial charge >= 0.3 is 0 Å². The predicted octanol–water partition coefficient (Wildman–Crippen LogP) is 5.56. The first-order chi connectivity index (χ1) is 8.27. The van der Waals surface area contributed by atoms with Crippen molar-refractivity contribution in [1.82, 2.24) is 0 Å². The van der Waals surface area contributed by atoms with Crippen LogP contribution in [0.1, 0.15) is 31.7 Å². The van der Waals surface area contributed by atoms with E-state index in [1.165, 1.54) is 40.1 Å². The van der Waals surface area contributed by atoms with E-state index in [-0.39, 0.29) is 0 Å². The van der Waals surface area contributed by atoms with Crippen LogP contribution in [0.5, 0.6) is 0 Å². The zero-order chi connectivity index (χ0) is 11.8. The minimum atomic E-state index is 1.19. The molecular weight excluding hydrogens is 272 g/mol. The van der Waals surface area contributed by atoms with Gasteiger partial charge in [0.15, 0.2) is 0 Å². The number of hydrogen-bond acceptors (Lipinski definition) is 0. The standard InChI is InChI=1S/C16H15Br/c1-11-5-4-8-12(11)14-9-10-16(17)15-7-3-2-6-13(14)15/h2-3,6-7,9-10H,4-5,8H2,1H3. The lowest BCUT2D eigenvalue weighted by molar-refractivity contribution is 0.910. The number of allylic oxidation sites excluding steroid dienone is 2. The maximum atomic E-state index is 3.64. The van der Waals surface area contributed by atoms with E-state index in [1.807, 2.05) is 0 Å². The van der Waals surface area contributed by atoms with Crippen molar-refractivity contribution < 1.29 is 0 Å². The van der Waals surface area contributed by atoms with Crippen LogP contribution in [0.15, 0.2) is 46.4 Å². The van der Waals surface area contributed by atoms with E-state index in [1.54, 1.807) is 11.1 Å². The third-order valence-corrected chi connectivity index (χ3v) is 4.38. The molecule has 0 saturated heterocycles. The molecule has 2 aromatic carbocycles. The van der Waals surface area contributed by atoms with Crippen LogP contribution in [0.3, 0.4) is 0 Å². The van der Waals surface area contributed by atoms with Crippen molar-refractivity contribution >= 4 is 32.3 Å². The smallest absolute Gasteiger partial charge is 0.0254 e. The lowest BCUT2D eigenvalue weighted by Gasteiger charge is -2.10. The van der Waals surface area contributed by atoms with E-state index in [0.717, 1.165) is 0 Å². The van der Waals surface area contributed by atoms with Gasteiger partial charge in [-0.1, -0.05) is 51.8 Å². The second-order valence-corrected chi connectivity index (χ2v) is 5.61. The van der Waals surface area contributed by atoms with Gasteiger partial charge in [0.2, 0.25) is 0 Å². The zero-order valence-corrected chi connectivity index (χ0v) is 11.5. The monoisotopic (exact) mass is 286 g/mol. The molecular formula is C16H15Br. The Hall–Kier alpha value is -1.08. The topological polar surface area (TPSA) is 0 Å². The summed E-state index contributed by atoms with van der Waals surface area (Å²) in [6.45, 7) is 2.28. The first-order valence-corrected chi connectivity index (χ1v) is 6.93. The molecule has 0 heterocycles. The highest BCUT2D eigenvalue weighted by Crippen LogP contribution is 2.38. The largest absolute Gasteiger partial charge is 0.0695 e. The fourth-order valence-electron chi connectivity index (χ4n) is 2.78. The summed E-state index contributed by atoms with van der Waals surface area (Å²) >= 11 is 3.64. The SMILES string of the molecule is CC1=C(c2ccc(Br)c3ccccc23)CCC1. The Balaban J connectivity index is 2.31. The van der Waals surface area contributed by atoms with E-state index < -0.39 is 0 Å². The molecule has 2 aromatic rings. The molecule has 0 spiro atoms. The second kappa shape index (κ2) is 4.30. The third-order valence-electron chi connectivity index (χ3n) is 3.69. The van der Waals surface area contributed by atoms with Gasteiger partial charge in [0, 0.05) is 4.47 Å². The Labute approximate surface area is 110 Å². The number of halogens is 1. The Morgan fingerprint density at radius 1 is 0.941 bits per heavy atom. The summed E-state index contributed by atoms with van der Waals surface area (Å²) in [5, 5.41) is 2.69. The van der Waals surface area contributed by atoms with Crippen molar-refractivity contribution in [3.63, 3.8) is 0 Å². The Bertz CT molecular complexity index is 608. The summed E-state index contributed by atoms with van der Waals surface area (Å²) in [7, 11) is 0. The summed E-state index contributed by atoms with van der Waals surface area (Å²) in [4.78, 5) is 0. The lowest BCUT2D eigenvalue weighted by Crippen LogP contribution is -1.86. The van der Waals surface area contributed by atoms with Crippen molar-refractivity contribution in [2.75, 3.05) is 0 Å². The van der Waals surface area contributed by atoms with Gasteiger partial charge in [-0.25, -0.2) is 0 Å². The van der Waals surface area contributed by atoms with Gasteiger partial charge in [-0.05, 0) is 54.2 Å². The summed E-state index contributed by atoms with van der Waals surface area (Å²) in [6, 6.07) is 13.1. The highest BCUT2D eigenvalue weighted by Gasteiger charge is 2.15. The van der Waals surface area contributed by atoms with Gasteiger partial charge in [-0.3, -0.25) is 0 Å². The first kappa shape index (κ1) is 11.0. The average molecular weight is 287 g/mol. The van der Waals surface area contributed by atoms with Crippen LogP contribution in [0.25, 0.3) is 16.3 Å². The minimum absolute atomic E-state index is 1.19. The van der Waals surface area contributed by atoms with Crippen molar-refractivity contribution in [2.24, 2.45) is 0 Å². The van der Waals surface area contributed by atoms with Gasteiger partial charge in [-0.2, -0.15) is 0 Å². The Morgan fingerprint density at radius 3 is 2.41 bits per heavy atom. The molecule has 0 bridgehead atoms. The molecule has 3 rings (SSSR count). The summed E-state index contributed by atoms with van der Waals surface area (Å²) in [5.74, 6) is 0. The predicted molar refractivity (Wildman–Crippen MR) is 78.1 cm³/mol. The number of rotatable bonds is 1. The van der Waals surface area contributed by atoms with E-state index in [4.69, 9.17) is 0 Å². The van der Waals surface area contributed by atoms with Gasteiger partial charge in [0.1, 0.15) is 0 Å². The van der Waals surface area contributed by atoms with E-state index in [0.29, 0.717) is 0 Å². The van der Waals surface area contributed by atoms with Gasteiger partial charge < -0.3 is 0 Å². The number of benzene rings is 2. The molecule has 1 aliphatic rings. The van der Waals surface area contributed by atoms with Gasteiger partial charge in [0.05, 0.1) is 0 Å². The third kappa shape index (κ3) is 1.83. The fourth-order valence-corrected chi connectivity index (χ4v) is 3.26. The first-order valence-electron chi connectivity index (χ1n) is 6.13. The Morgan fingerprint density at radius 2 is 1.71 bits per heavy atom. The second-order valence-electron chi connectivity index (χ2n) is 4.75. The molecule has 0 atom stereocenters. The minimum Gasteiger partial charge on any atom is -0.0695 e. The van der Waals surface area contributed by atoms with Crippen molar-refractivity contribution in [3.05, 3.63) is 52.0 Å². The lowest BCUT2D eigenvalue weighted by atomic mass is 9.96. The van der Waals surface area contributed by atoms with Crippen LogP contribution in [0, 0.1) is 0 Å². The molecule has 86 valence electrons.